The van der Waals surface area contributed by atoms with Crippen LogP contribution in [0.1, 0.15) is 196 Å². The van der Waals surface area contributed by atoms with Crippen LogP contribution < -0.4 is 0 Å². The molecule has 6 heteroatoms. The molecule has 63 heavy (non-hydrogen) atoms. The van der Waals surface area contributed by atoms with E-state index in [1.54, 1.807) is 5.57 Å². The number of nitrogens with zero attached hydrogens (tertiary/aromatic N) is 1. The van der Waals surface area contributed by atoms with Crippen molar-refractivity contribution in [3.8, 4) is 0 Å². The summed E-state index contributed by atoms with van der Waals surface area (Å²) >= 11 is 0. The van der Waals surface area contributed by atoms with Gasteiger partial charge in [-0.15, -0.1) is 0 Å². The first-order valence-electron chi connectivity index (χ1n) is 27.3. The summed E-state index contributed by atoms with van der Waals surface area (Å²) < 4.78 is 30.8. The Bertz CT molecular complexity index is 1310. The number of fused-ring (bicyclic) bond motifs is 5. The third-order valence-corrected chi connectivity index (χ3v) is 17.2. The van der Waals surface area contributed by atoms with Crippen LogP contribution in [-0.4, -0.2) is 89.6 Å². The van der Waals surface area contributed by atoms with Crippen LogP contribution in [0, 0.1) is 46.3 Å². The Balaban J connectivity index is 0.921. The molecular weight excluding hydrogens is 779 g/mol. The van der Waals surface area contributed by atoms with Crippen molar-refractivity contribution in [3.63, 3.8) is 0 Å². The molecule has 3 saturated carbocycles. The summed E-state index contributed by atoms with van der Waals surface area (Å²) in [4.78, 5) is 2.47. The molecular formula is C57H101NO5. The van der Waals surface area contributed by atoms with Gasteiger partial charge in [-0.1, -0.05) is 135 Å². The van der Waals surface area contributed by atoms with Crippen LogP contribution in [0.4, 0.5) is 0 Å². The Morgan fingerprint density at radius 1 is 0.730 bits per heavy atom. The number of hydrogen-bond acceptors (Lipinski definition) is 6. The van der Waals surface area contributed by atoms with E-state index >= 15 is 0 Å². The minimum absolute atomic E-state index is 0.0566. The normalized spacial score (nSPS) is 30.9. The van der Waals surface area contributed by atoms with Gasteiger partial charge in [0.2, 0.25) is 0 Å². The molecule has 0 aromatic heterocycles. The van der Waals surface area contributed by atoms with Crippen LogP contribution >= 0.6 is 0 Å². The molecule has 5 aliphatic rings. The first-order chi connectivity index (χ1) is 30.7. The summed E-state index contributed by atoms with van der Waals surface area (Å²) in [5.41, 5.74) is 2.66. The highest BCUT2D eigenvalue weighted by atomic mass is 16.6. The van der Waals surface area contributed by atoms with Gasteiger partial charge in [0.25, 0.3) is 0 Å². The van der Waals surface area contributed by atoms with Gasteiger partial charge >= 0.3 is 0 Å². The van der Waals surface area contributed by atoms with Gasteiger partial charge in [0, 0.05) is 33.4 Å². The number of unbranched alkanes of at least 4 members (excludes halogenated alkanes) is 9. The van der Waals surface area contributed by atoms with Crippen molar-refractivity contribution in [2.24, 2.45) is 46.3 Å². The molecule has 1 aliphatic heterocycles. The van der Waals surface area contributed by atoms with Crippen molar-refractivity contribution < 1.29 is 23.7 Å². The third kappa shape index (κ3) is 16.9. The summed E-state index contributed by atoms with van der Waals surface area (Å²) in [6.45, 7) is 21.9. The highest BCUT2D eigenvalue weighted by Gasteiger charge is 2.59. The van der Waals surface area contributed by atoms with Gasteiger partial charge in [-0.3, -0.25) is 4.90 Å². The quantitative estimate of drug-likeness (QED) is 0.0483. The number of hydrogen-bond donors (Lipinski definition) is 0. The Hall–Kier alpha value is -1.02. The largest absolute Gasteiger partial charge is 0.380 e. The van der Waals surface area contributed by atoms with Crippen molar-refractivity contribution in [3.05, 3.63) is 36.0 Å². The van der Waals surface area contributed by atoms with Gasteiger partial charge in [0.15, 0.2) is 0 Å². The topological polar surface area (TPSA) is 49.4 Å². The molecule has 0 radical (unpaired) electrons. The zero-order chi connectivity index (χ0) is 44.8. The molecule has 0 aromatic carbocycles. The summed E-state index contributed by atoms with van der Waals surface area (Å²) in [6, 6.07) is 0. The molecule has 1 saturated heterocycles. The van der Waals surface area contributed by atoms with Crippen LogP contribution in [0.5, 0.6) is 0 Å². The van der Waals surface area contributed by atoms with Crippen molar-refractivity contribution in [1.82, 2.24) is 4.90 Å². The van der Waals surface area contributed by atoms with Crippen LogP contribution in [0.15, 0.2) is 36.0 Å². The fourth-order valence-electron chi connectivity index (χ4n) is 13.4. The number of allylic oxidation sites excluding steroid dienone is 5. The Morgan fingerprint density at radius 3 is 2.25 bits per heavy atom. The average molecular weight is 880 g/mol. The molecule has 10 atom stereocenters. The molecule has 0 bridgehead atoms. The second kappa shape index (κ2) is 29.0. The first-order valence-corrected chi connectivity index (χ1v) is 27.3. The monoisotopic (exact) mass is 880 g/mol. The summed E-state index contributed by atoms with van der Waals surface area (Å²) in [5, 5.41) is 0. The molecule has 4 aliphatic carbocycles. The second-order valence-corrected chi connectivity index (χ2v) is 22.2. The lowest BCUT2D eigenvalue weighted by Gasteiger charge is -2.58. The van der Waals surface area contributed by atoms with Crippen molar-refractivity contribution in [2.45, 2.75) is 214 Å². The fraction of sp³-hybridized carbons (Fsp3) is 0.895. The molecule has 0 amide bonds. The predicted octanol–water partition coefficient (Wildman–Crippen LogP) is 14.4. The van der Waals surface area contributed by atoms with E-state index < -0.39 is 0 Å². The lowest BCUT2D eigenvalue weighted by molar-refractivity contribution is -0.0732. The van der Waals surface area contributed by atoms with Gasteiger partial charge in [0.1, 0.15) is 0 Å². The van der Waals surface area contributed by atoms with Gasteiger partial charge in [-0.05, 0) is 143 Å². The highest BCUT2D eigenvalue weighted by Crippen LogP contribution is 2.67. The predicted molar refractivity (Wildman–Crippen MR) is 265 cm³/mol. The lowest BCUT2D eigenvalue weighted by Crippen LogP contribution is -2.51. The Morgan fingerprint density at radius 2 is 1.49 bits per heavy atom. The average Bonchev–Trinajstić information content (AvgIpc) is 3.89. The van der Waals surface area contributed by atoms with Crippen LogP contribution in [0.3, 0.4) is 0 Å². The summed E-state index contributed by atoms with van der Waals surface area (Å²) in [7, 11) is 1.83. The molecule has 2 unspecified atom stereocenters. The standard InChI is InChI=1S/C57H101NO5/c1-8-9-10-11-12-13-14-15-16-17-18-19-20-21-22-23-37-61-45-51(44-58-36-33-50(43-58)59-7)63-41-39-60-38-40-62-49-31-34-56(5)48(42-49)27-28-52-54-30-29-53(47(4)26-24-25-46(2)3)57(54,6)35-32-55(52)56/h12-13,15-16,27,46-47,49-55H,8-11,14,17-26,28-45H2,1-7H3/t47-,49+,50?,51?,52+,53-,54+,55+,56+,57-/m1/s1. The molecule has 5 rings (SSSR count). The van der Waals surface area contributed by atoms with E-state index in [0.29, 0.717) is 56.1 Å². The van der Waals surface area contributed by atoms with E-state index in [4.69, 9.17) is 23.7 Å². The van der Waals surface area contributed by atoms with E-state index in [2.05, 4.69) is 76.8 Å². The van der Waals surface area contributed by atoms with E-state index in [1.165, 1.54) is 128 Å². The van der Waals surface area contributed by atoms with E-state index in [-0.39, 0.29) is 6.10 Å². The third-order valence-electron chi connectivity index (χ3n) is 17.2. The second-order valence-electron chi connectivity index (χ2n) is 22.2. The van der Waals surface area contributed by atoms with Crippen molar-refractivity contribution in [1.29, 1.82) is 0 Å². The smallest absolute Gasteiger partial charge is 0.0936 e. The maximum atomic E-state index is 6.52. The zero-order valence-electron chi connectivity index (χ0n) is 42.4. The number of methoxy groups -OCH3 is 1. The molecule has 0 spiro atoms. The van der Waals surface area contributed by atoms with Gasteiger partial charge < -0.3 is 23.7 Å². The molecule has 1 heterocycles. The molecule has 364 valence electrons. The van der Waals surface area contributed by atoms with E-state index in [9.17, 15) is 0 Å². The Kier molecular flexibility index (Phi) is 24.4. The van der Waals surface area contributed by atoms with Crippen molar-refractivity contribution in [2.75, 3.05) is 66.4 Å². The van der Waals surface area contributed by atoms with Crippen LogP contribution in [-0.2, 0) is 23.7 Å². The molecule has 0 N–H and O–H groups in total. The van der Waals surface area contributed by atoms with E-state index in [0.717, 1.165) is 87.4 Å². The van der Waals surface area contributed by atoms with Crippen molar-refractivity contribution >= 4 is 0 Å². The summed E-state index contributed by atoms with van der Waals surface area (Å²) in [6.07, 6.45) is 44.1. The number of rotatable bonds is 33. The Labute approximate surface area is 389 Å². The maximum absolute atomic E-state index is 6.52. The van der Waals surface area contributed by atoms with Gasteiger partial charge in [0.05, 0.1) is 51.3 Å². The lowest BCUT2D eigenvalue weighted by atomic mass is 9.47. The zero-order valence-corrected chi connectivity index (χ0v) is 42.4. The SMILES string of the molecule is CCCCCC=CCC=CCCCCCCCCOCC(CN1CCC(OC)C1)OCCOCCO[C@H]1CC[C@@]2(C)C(=CC[C@H]3[C@@H]4CC[C@H]([C@H](C)CCCC(C)C)[C@@]4(C)CC[C@@H]32)C1. The van der Waals surface area contributed by atoms with E-state index in [1.807, 2.05) is 7.11 Å². The van der Waals surface area contributed by atoms with Crippen LogP contribution in [0.25, 0.3) is 0 Å². The first kappa shape index (κ1) is 52.9. The van der Waals surface area contributed by atoms with Gasteiger partial charge in [-0.2, -0.15) is 0 Å². The minimum Gasteiger partial charge on any atom is -0.380 e. The fourth-order valence-corrected chi connectivity index (χ4v) is 13.4. The molecule has 0 aromatic rings. The van der Waals surface area contributed by atoms with Crippen LogP contribution in [0.2, 0.25) is 0 Å². The molecule has 4 fully saturated rings. The molecule has 6 nitrogen and oxygen atoms in total. The van der Waals surface area contributed by atoms with Gasteiger partial charge in [-0.25, -0.2) is 0 Å². The minimum atomic E-state index is 0.0566. The maximum Gasteiger partial charge on any atom is 0.0936 e. The summed E-state index contributed by atoms with van der Waals surface area (Å²) in [5.74, 6) is 5.34. The number of ether oxygens (including phenoxy) is 5. The highest BCUT2D eigenvalue weighted by molar-refractivity contribution is 5.25. The number of likely N-dealkylation sites (tertiary alicyclic amines) is 1.